The summed E-state index contributed by atoms with van der Waals surface area (Å²) in [7, 11) is 3.50. The fourth-order valence-electron chi connectivity index (χ4n) is 3.71. The van der Waals surface area contributed by atoms with Gasteiger partial charge < -0.3 is 18.6 Å². The number of rotatable bonds is 5. The van der Waals surface area contributed by atoms with Crippen LogP contribution in [0.1, 0.15) is 46.6 Å². The van der Waals surface area contributed by atoms with Crippen molar-refractivity contribution in [2.45, 2.75) is 25.2 Å². The summed E-state index contributed by atoms with van der Waals surface area (Å²) in [6, 6.07) is 7.89. The van der Waals surface area contributed by atoms with Crippen LogP contribution in [0.25, 0.3) is 0 Å². The molecule has 28 heavy (non-hydrogen) atoms. The van der Waals surface area contributed by atoms with Crippen LogP contribution in [0.2, 0.25) is 0 Å². The van der Waals surface area contributed by atoms with Gasteiger partial charge in [-0.15, -0.1) is 0 Å². The summed E-state index contributed by atoms with van der Waals surface area (Å²) >= 11 is 0. The van der Waals surface area contributed by atoms with Crippen LogP contribution in [0, 0.1) is 0 Å². The highest BCUT2D eigenvalue weighted by Crippen LogP contribution is 2.29. The number of oxazole rings is 1. The molecule has 0 N–H and O–H groups in total. The summed E-state index contributed by atoms with van der Waals surface area (Å²) in [5.41, 5.74) is 1.06. The maximum Gasteiger partial charge on any atom is 0.289 e. The second-order valence-electron chi connectivity index (χ2n) is 7.11. The van der Waals surface area contributed by atoms with Crippen molar-refractivity contribution in [2.24, 2.45) is 7.05 Å². The summed E-state index contributed by atoms with van der Waals surface area (Å²) in [6.45, 7) is 1.33. The largest absolute Gasteiger partial charge is 0.496 e. The number of carbonyl (C=O) groups is 1. The van der Waals surface area contributed by atoms with Gasteiger partial charge in [-0.3, -0.25) is 4.79 Å². The highest BCUT2D eigenvalue weighted by molar-refractivity contribution is 5.90. The minimum atomic E-state index is -0.0435. The Morgan fingerprint density at radius 3 is 2.96 bits per heavy atom. The van der Waals surface area contributed by atoms with Crippen molar-refractivity contribution in [1.82, 2.24) is 19.4 Å². The van der Waals surface area contributed by atoms with E-state index in [2.05, 4.69) is 9.97 Å². The van der Waals surface area contributed by atoms with Crippen LogP contribution >= 0.6 is 0 Å². The second-order valence-corrected chi connectivity index (χ2v) is 7.11. The number of imidazole rings is 1. The summed E-state index contributed by atoms with van der Waals surface area (Å²) in [5, 5.41) is 0. The van der Waals surface area contributed by atoms with Gasteiger partial charge in [0.15, 0.2) is 11.7 Å². The SMILES string of the molecule is COc1ccccc1Cc1cnc(C2CCCN(C(=O)c3nccn3C)C2)o1. The molecule has 1 saturated heterocycles. The fraction of sp³-hybridized carbons (Fsp3) is 0.381. The first-order chi connectivity index (χ1) is 13.7. The molecule has 7 nitrogen and oxygen atoms in total. The Labute approximate surface area is 164 Å². The number of likely N-dealkylation sites (tertiary alicyclic amines) is 1. The number of methoxy groups -OCH3 is 1. The maximum atomic E-state index is 12.8. The molecule has 1 atom stereocenters. The molecule has 1 amide bonds. The number of aryl methyl sites for hydroxylation is 1. The van der Waals surface area contributed by atoms with E-state index in [9.17, 15) is 4.79 Å². The third-order valence-electron chi connectivity index (χ3n) is 5.20. The van der Waals surface area contributed by atoms with Crippen molar-refractivity contribution in [1.29, 1.82) is 0 Å². The predicted molar refractivity (Wildman–Crippen MR) is 103 cm³/mol. The number of amides is 1. The van der Waals surface area contributed by atoms with Crippen LogP contribution in [0.5, 0.6) is 5.75 Å². The topological polar surface area (TPSA) is 73.4 Å². The molecule has 1 aliphatic heterocycles. The molecule has 1 aliphatic rings. The predicted octanol–water partition coefficient (Wildman–Crippen LogP) is 3.03. The van der Waals surface area contributed by atoms with Gasteiger partial charge in [-0.25, -0.2) is 9.97 Å². The number of carbonyl (C=O) groups excluding carboxylic acids is 1. The molecule has 0 bridgehead atoms. The number of benzene rings is 1. The van der Waals surface area contributed by atoms with Crippen LogP contribution in [0.15, 0.2) is 47.3 Å². The number of hydrogen-bond donors (Lipinski definition) is 0. The molecule has 4 rings (SSSR count). The quantitative estimate of drug-likeness (QED) is 0.680. The van der Waals surface area contributed by atoms with E-state index >= 15 is 0 Å². The van der Waals surface area contributed by atoms with Crippen LogP contribution in [0.3, 0.4) is 0 Å². The van der Waals surface area contributed by atoms with Gasteiger partial charge in [0.2, 0.25) is 0 Å². The molecule has 7 heteroatoms. The molecule has 2 aromatic heterocycles. The first kappa shape index (κ1) is 18.3. The van der Waals surface area contributed by atoms with Crippen LogP contribution < -0.4 is 4.74 Å². The van der Waals surface area contributed by atoms with Crippen molar-refractivity contribution in [3.8, 4) is 5.75 Å². The van der Waals surface area contributed by atoms with E-state index in [4.69, 9.17) is 9.15 Å². The zero-order valence-electron chi connectivity index (χ0n) is 16.2. The first-order valence-electron chi connectivity index (χ1n) is 9.49. The number of ether oxygens (including phenoxy) is 1. The molecule has 146 valence electrons. The molecular weight excluding hydrogens is 356 g/mol. The van der Waals surface area contributed by atoms with E-state index in [1.54, 1.807) is 30.3 Å². The lowest BCUT2D eigenvalue weighted by atomic mass is 9.98. The van der Waals surface area contributed by atoms with Crippen molar-refractivity contribution in [2.75, 3.05) is 20.2 Å². The molecule has 1 fully saturated rings. The average Bonchev–Trinajstić information content (AvgIpc) is 3.37. The van der Waals surface area contributed by atoms with Crippen molar-refractivity contribution < 1.29 is 13.9 Å². The number of nitrogens with zero attached hydrogens (tertiary/aromatic N) is 4. The lowest BCUT2D eigenvalue weighted by molar-refractivity contribution is 0.0682. The number of piperidine rings is 1. The van der Waals surface area contributed by atoms with Gasteiger partial charge in [-0.1, -0.05) is 18.2 Å². The number of para-hydroxylation sites is 1. The monoisotopic (exact) mass is 380 g/mol. The van der Waals surface area contributed by atoms with Gasteiger partial charge >= 0.3 is 0 Å². The van der Waals surface area contributed by atoms with E-state index in [0.29, 0.717) is 24.7 Å². The van der Waals surface area contributed by atoms with E-state index in [1.165, 1.54) is 0 Å². The van der Waals surface area contributed by atoms with Gasteiger partial charge in [0.05, 0.1) is 19.2 Å². The highest BCUT2D eigenvalue weighted by Gasteiger charge is 2.29. The maximum absolute atomic E-state index is 12.8. The minimum absolute atomic E-state index is 0.0435. The standard InChI is InChI=1S/C21H24N4O3/c1-24-11-9-22-19(24)21(26)25-10-5-7-16(14-25)20-23-13-17(28-20)12-15-6-3-4-8-18(15)27-2/h3-4,6,8-9,11,13,16H,5,7,10,12,14H2,1-2H3. The Kier molecular flexibility index (Phi) is 5.14. The molecule has 0 saturated carbocycles. The van der Waals surface area contributed by atoms with E-state index in [0.717, 1.165) is 36.5 Å². The molecule has 3 heterocycles. The van der Waals surface area contributed by atoms with E-state index in [-0.39, 0.29) is 11.8 Å². The van der Waals surface area contributed by atoms with E-state index in [1.807, 2.05) is 36.2 Å². The Morgan fingerprint density at radius 2 is 2.18 bits per heavy atom. The molecular formula is C21H24N4O3. The molecule has 1 aromatic carbocycles. The normalized spacial score (nSPS) is 16.9. The zero-order valence-corrected chi connectivity index (χ0v) is 16.2. The van der Waals surface area contributed by atoms with Crippen LogP contribution in [0.4, 0.5) is 0 Å². The Balaban J connectivity index is 1.46. The average molecular weight is 380 g/mol. The minimum Gasteiger partial charge on any atom is -0.496 e. The van der Waals surface area contributed by atoms with Crippen molar-refractivity contribution in [3.05, 3.63) is 65.9 Å². The first-order valence-corrected chi connectivity index (χ1v) is 9.49. The van der Waals surface area contributed by atoms with Crippen molar-refractivity contribution >= 4 is 5.91 Å². The highest BCUT2D eigenvalue weighted by atomic mass is 16.5. The van der Waals surface area contributed by atoms with Crippen LogP contribution in [-0.4, -0.2) is 45.5 Å². The summed E-state index contributed by atoms with van der Waals surface area (Å²) in [5.74, 6) is 2.85. The summed E-state index contributed by atoms with van der Waals surface area (Å²) < 4.78 is 13.2. The molecule has 3 aromatic rings. The smallest absolute Gasteiger partial charge is 0.289 e. The molecule has 0 aliphatic carbocycles. The van der Waals surface area contributed by atoms with Gasteiger partial charge in [-0.05, 0) is 18.9 Å². The number of aromatic nitrogens is 3. The van der Waals surface area contributed by atoms with E-state index < -0.39 is 0 Å². The summed E-state index contributed by atoms with van der Waals surface area (Å²) in [4.78, 5) is 23.3. The van der Waals surface area contributed by atoms with Gasteiger partial charge in [-0.2, -0.15) is 0 Å². The number of hydrogen-bond acceptors (Lipinski definition) is 5. The summed E-state index contributed by atoms with van der Waals surface area (Å²) in [6.07, 6.45) is 7.71. The van der Waals surface area contributed by atoms with Gasteiger partial charge in [0.25, 0.3) is 5.91 Å². The Bertz CT molecular complexity index is 962. The molecule has 0 spiro atoms. The van der Waals surface area contributed by atoms with Gasteiger partial charge in [0, 0.05) is 44.5 Å². The second kappa shape index (κ2) is 7.88. The Morgan fingerprint density at radius 1 is 1.32 bits per heavy atom. The van der Waals surface area contributed by atoms with Crippen LogP contribution in [-0.2, 0) is 13.5 Å². The lowest BCUT2D eigenvalue weighted by Gasteiger charge is -2.31. The fourth-order valence-corrected chi connectivity index (χ4v) is 3.71. The lowest BCUT2D eigenvalue weighted by Crippen LogP contribution is -2.40. The van der Waals surface area contributed by atoms with Gasteiger partial charge in [0.1, 0.15) is 11.5 Å². The molecule has 0 radical (unpaired) electrons. The third-order valence-corrected chi connectivity index (χ3v) is 5.20. The molecule has 1 unspecified atom stereocenters. The van der Waals surface area contributed by atoms with Crippen molar-refractivity contribution in [3.63, 3.8) is 0 Å². The third kappa shape index (κ3) is 3.65. The Hall–Kier alpha value is -3.09. The zero-order chi connectivity index (χ0) is 19.5.